The number of benzene rings is 2. The minimum absolute atomic E-state index is 0.0357. The smallest absolute Gasteiger partial charge is 0.207 e. The van der Waals surface area contributed by atoms with Crippen molar-refractivity contribution in [2.75, 3.05) is 13.1 Å². The van der Waals surface area contributed by atoms with Gasteiger partial charge in [0.15, 0.2) is 0 Å². The molecular formula is C17H18ClFN2O2S. The summed E-state index contributed by atoms with van der Waals surface area (Å²) < 4.78 is 42.2. The molecule has 1 aliphatic rings. The van der Waals surface area contributed by atoms with Crippen LogP contribution in [0.25, 0.3) is 0 Å². The van der Waals surface area contributed by atoms with Gasteiger partial charge in [0.1, 0.15) is 5.82 Å². The Bertz CT molecular complexity index is 767. The number of halogens is 2. The minimum Gasteiger partial charge on any atom is -0.207 e. The Balaban J connectivity index is 1.81. The zero-order chi connectivity index (χ0) is 17.2. The summed E-state index contributed by atoms with van der Waals surface area (Å²) in [6, 6.07) is 13.4. The largest absolute Gasteiger partial charge is 0.282 e. The molecule has 0 N–H and O–H groups in total. The van der Waals surface area contributed by atoms with Crippen LogP contribution < -0.4 is 0 Å². The molecule has 1 saturated heterocycles. The second-order valence-corrected chi connectivity index (χ2v) is 8.05. The van der Waals surface area contributed by atoms with Gasteiger partial charge in [0.2, 0.25) is 0 Å². The van der Waals surface area contributed by atoms with E-state index in [9.17, 15) is 12.8 Å². The molecular weight excluding hydrogens is 351 g/mol. The third-order valence-electron chi connectivity index (χ3n) is 4.08. The van der Waals surface area contributed by atoms with Crippen LogP contribution in [0.2, 0.25) is 5.02 Å². The summed E-state index contributed by atoms with van der Waals surface area (Å²) in [5, 5.41) is 0.541. The molecule has 3 rings (SSSR count). The van der Waals surface area contributed by atoms with E-state index >= 15 is 0 Å². The third kappa shape index (κ3) is 3.62. The summed E-state index contributed by atoms with van der Waals surface area (Å²) in [7, 11) is -3.65. The van der Waals surface area contributed by atoms with Gasteiger partial charge in [0.25, 0.3) is 10.2 Å². The van der Waals surface area contributed by atoms with Crippen LogP contribution in [-0.4, -0.2) is 30.1 Å². The molecule has 1 aliphatic heterocycles. The maximum Gasteiger partial charge on any atom is 0.282 e. The van der Waals surface area contributed by atoms with Crippen molar-refractivity contribution in [1.82, 2.24) is 8.61 Å². The second-order valence-electron chi connectivity index (χ2n) is 5.71. The van der Waals surface area contributed by atoms with Gasteiger partial charge in [-0.25, -0.2) is 4.39 Å². The van der Waals surface area contributed by atoms with E-state index in [2.05, 4.69) is 0 Å². The molecule has 0 amide bonds. The molecule has 0 atom stereocenters. The molecule has 0 spiro atoms. The van der Waals surface area contributed by atoms with E-state index in [1.54, 1.807) is 30.3 Å². The van der Waals surface area contributed by atoms with E-state index < -0.39 is 16.0 Å². The molecule has 1 heterocycles. The first-order chi connectivity index (χ1) is 11.5. The number of rotatable bonds is 4. The molecule has 0 unspecified atom stereocenters. The van der Waals surface area contributed by atoms with Crippen molar-refractivity contribution in [3.63, 3.8) is 0 Å². The molecule has 4 nitrogen and oxygen atoms in total. The van der Waals surface area contributed by atoms with E-state index in [0.29, 0.717) is 30.1 Å². The predicted molar refractivity (Wildman–Crippen MR) is 92.2 cm³/mol. The lowest BCUT2D eigenvalue weighted by Gasteiger charge is -2.34. The number of hydrogen-bond acceptors (Lipinski definition) is 2. The van der Waals surface area contributed by atoms with E-state index in [1.807, 2.05) is 12.1 Å². The Kier molecular flexibility index (Phi) is 5.20. The van der Waals surface area contributed by atoms with Crippen LogP contribution in [0.4, 0.5) is 4.39 Å². The molecule has 2 aromatic carbocycles. The van der Waals surface area contributed by atoms with Crippen LogP contribution in [-0.2, 0) is 23.3 Å². The highest BCUT2D eigenvalue weighted by molar-refractivity contribution is 7.86. The first-order valence-electron chi connectivity index (χ1n) is 7.70. The Morgan fingerprint density at radius 3 is 2.08 bits per heavy atom. The summed E-state index contributed by atoms with van der Waals surface area (Å²) in [6.07, 6.45) is 0.693. The van der Waals surface area contributed by atoms with Gasteiger partial charge in [-0.3, -0.25) is 0 Å². The van der Waals surface area contributed by atoms with Crippen LogP contribution in [0, 0.1) is 5.82 Å². The summed E-state index contributed by atoms with van der Waals surface area (Å²) in [4.78, 5) is 0. The standard InChI is InChI=1S/C17H18ClFN2O2S/c18-16-8-3-1-6-14(16)12-20-10-5-11-21(24(20,22)23)13-15-7-2-4-9-17(15)19/h1-4,6-9H,5,10-13H2. The summed E-state index contributed by atoms with van der Waals surface area (Å²) in [6.45, 7) is 1.07. The van der Waals surface area contributed by atoms with E-state index in [4.69, 9.17) is 11.6 Å². The fourth-order valence-electron chi connectivity index (χ4n) is 2.77. The van der Waals surface area contributed by atoms with Crippen molar-refractivity contribution in [3.05, 3.63) is 70.5 Å². The predicted octanol–water partition coefficient (Wildman–Crippen LogP) is 3.43. The first kappa shape index (κ1) is 17.4. The van der Waals surface area contributed by atoms with Crippen LogP contribution in [0.1, 0.15) is 17.5 Å². The van der Waals surface area contributed by atoms with Crippen LogP contribution in [0.3, 0.4) is 0 Å². The minimum atomic E-state index is -3.65. The fraction of sp³-hybridized carbons (Fsp3) is 0.294. The quantitative estimate of drug-likeness (QED) is 0.829. The lowest BCUT2D eigenvalue weighted by atomic mass is 10.2. The Hall–Kier alpha value is -1.47. The van der Waals surface area contributed by atoms with E-state index in [1.165, 1.54) is 14.7 Å². The highest BCUT2D eigenvalue weighted by Gasteiger charge is 2.34. The lowest BCUT2D eigenvalue weighted by Crippen LogP contribution is -2.48. The Morgan fingerprint density at radius 2 is 1.46 bits per heavy atom. The van der Waals surface area contributed by atoms with Crippen molar-refractivity contribution >= 4 is 21.8 Å². The lowest BCUT2D eigenvalue weighted by molar-refractivity contribution is 0.274. The Morgan fingerprint density at radius 1 is 0.917 bits per heavy atom. The van der Waals surface area contributed by atoms with Crippen molar-refractivity contribution in [3.8, 4) is 0 Å². The summed E-state index contributed by atoms with van der Waals surface area (Å²) in [5.74, 6) is -0.393. The van der Waals surface area contributed by atoms with Crippen LogP contribution in [0.5, 0.6) is 0 Å². The molecule has 128 valence electrons. The van der Waals surface area contributed by atoms with Gasteiger partial charge in [-0.15, -0.1) is 0 Å². The topological polar surface area (TPSA) is 40.6 Å². The number of hydrogen-bond donors (Lipinski definition) is 0. The van der Waals surface area contributed by atoms with Gasteiger partial charge < -0.3 is 0 Å². The SMILES string of the molecule is O=S1(=O)N(Cc2ccccc2F)CCCN1Cc1ccccc1Cl. The summed E-state index contributed by atoms with van der Waals surface area (Å²) >= 11 is 6.14. The van der Waals surface area contributed by atoms with E-state index in [0.717, 1.165) is 5.56 Å². The van der Waals surface area contributed by atoms with Crippen molar-refractivity contribution in [2.45, 2.75) is 19.5 Å². The zero-order valence-electron chi connectivity index (χ0n) is 13.0. The van der Waals surface area contributed by atoms with Crippen molar-refractivity contribution < 1.29 is 12.8 Å². The van der Waals surface area contributed by atoms with Crippen molar-refractivity contribution in [2.24, 2.45) is 0 Å². The maximum atomic E-state index is 13.8. The van der Waals surface area contributed by atoms with Gasteiger partial charge in [0, 0.05) is 36.8 Å². The molecule has 7 heteroatoms. The highest BCUT2D eigenvalue weighted by atomic mass is 35.5. The molecule has 2 aromatic rings. The van der Waals surface area contributed by atoms with Crippen molar-refractivity contribution in [1.29, 1.82) is 0 Å². The monoisotopic (exact) mass is 368 g/mol. The molecule has 0 saturated carbocycles. The maximum absolute atomic E-state index is 13.8. The van der Waals surface area contributed by atoms with Crippen LogP contribution in [0.15, 0.2) is 48.5 Å². The third-order valence-corrected chi connectivity index (χ3v) is 6.37. The average Bonchev–Trinajstić information content (AvgIpc) is 2.55. The average molecular weight is 369 g/mol. The molecule has 0 bridgehead atoms. The molecule has 1 fully saturated rings. The van der Waals surface area contributed by atoms with E-state index in [-0.39, 0.29) is 13.1 Å². The highest BCUT2D eigenvalue weighted by Crippen LogP contribution is 2.24. The van der Waals surface area contributed by atoms with Crippen LogP contribution >= 0.6 is 11.6 Å². The van der Waals surface area contributed by atoms with Gasteiger partial charge in [-0.05, 0) is 24.1 Å². The second kappa shape index (κ2) is 7.19. The molecule has 0 aliphatic carbocycles. The summed E-state index contributed by atoms with van der Waals surface area (Å²) in [5.41, 5.74) is 1.14. The number of nitrogens with zero attached hydrogens (tertiary/aromatic N) is 2. The fourth-order valence-corrected chi connectivity index (χ4v) is 4.62. The zero-order valence-corrected chi connectivity index (χ0v) is 14.6. The molecule has 24 heavy (non-hydrogen) atoms. The first-order valence-corrected chi connectivity index (χ1v) is 9.48. The van der Waals surface area contributed by atoms with Gasteiger partial charge in [0.05, 0.1) is 0 Å². The molecule has 0 radical (unpaired) electrons. The van der Waals surface area contributed by atoms with Gasteiger partial charge in [-0.1, -0.05) is 48.0 Å². The van der Waals surface area contributed by atoms with Gasteiger partial charge in [-0.2, -0.15) is 17.0 Å². The van der Waals surface area contributed by atoms with Gasteiger partial charge >= 0.3 is 0 Å². The Labute approximate surface area is 146 Å². The molecule has 0 aromatic heterocycles. The normalized spacial score (nSPS) is 18.6.